The van der Waals surface area contributed by atoms with Crippen molar-refractivity contribution in [2.24, 2.45) is 0 Å². The Morgan fingerprint density at radius 1 is 0.200 bits per heavy atom. The first kappa shape index (κ1) is 56.6. The van der Waals surface area contributed by atoms with Crippen LogP contribution in [-0.4, -0.2) is 39.0 Å². The lowest BCUT2D eigenvalue weighted by Crippen LogP contribution is -2.00. The molecule has 0 fully saturated rings. The molecule has 6 heterocycles. The maximum atomic E-state index is 6.68. The number of hydrogen-bond donors (Lipinski definition) is 0. The predicted molar refractivity (Wildman–Crippen MR) is 405 cm³/mol. The van der Waals surface area contributed by atoms with E-state index in [1.54, 1.807) is 0 Å². The van der Waals surface area contributed by atoms with Crippen molar-refractivity contribution >= 4 is 87.5 Å². The second kappa shape index (κ2) is 23.0. The van der Waals surface area contributed by atoms with Gasteiger partial charge in [0.05, 0.1) is 22.1 Å². The number of hydrogen-bond acceptors (Lipinski definition) is 8. The van der Waals surface area contributed by atoms with Gasteiger partial charge in [-0.25, -0.2) is 29.9 Å². The van der Waals surface area contributed by atoms with Gasteiger partial charge in [-0.1, -0.05) is 249 Å². The van der Waals surface area contributed by atoms with Gasteiger partial charge in [0.25, 0.3) is 0 Å². The minimum Gasteiger partial charge on any atom is -0.456 e. The summed E-state index contributed by atoms with van der Waals surface area (Å²) in [6, 6.07) is 114. The lowest BCUT2D eigenvalue weighted by molar-refractivity contribution is 0.668. The van der Waals surface area contributed by atoms with Crippen LogP contribution in [0.15, 0.2) is 336 Å². The van der Waals surface area contributed by atoms with Gasteiger partial charge in [-0.3, -0.25) is 0 Å². The summed E-state index contributed by atoms with van der Waals surface area (Å²) in [6.45, 7) is 0. The van der Waals surface area contributed by atoms with Crippen LogP contribution in [0.1, 0.15) is 0 Å². The van der Waals surface area contributed by atoms with Crippen molar-refractivity contribution in [3.63, 3.8) is 0 Å². The van der Waals surface area contributed by atoms with E-state index >= 15 is 0 Å². The van der Waals surface area contributed by atoms with E-state index in [2.05, 4.69) is 221 Å². The molecule has 10 heteroatoms. The van der Waals surface area contributed by atoms with Crippen LogP contribution in [0.3, 0.4) is 0 Å². The summed E-state index contributed by atoms with van der Waals surface area (Å²) < 4.78 is 18.1. The minimum absolute atomic E-state index is 0.556. The summed E-state index contributed by atoms with van der Waals surface area (Å²) in [6.07, 6.45) is 0. The lowest BCUT2D eigenvalue weighted by Gasteiger charge is -2.12. The molecule has 20 rings (SSSR count). The molecular weight excluding hydrogens is 1230 g/mol. The highest BCUT2D eigenvalue weighted by Crippen LogP contribution is 2.46. The Kier molecular flexibility index (Phi) is 13.0. The molecule has 10 nitrogen and oxygen atoms in total. The van der Waals surface area contributed by atoms with E-state index in [0.29, 0.717) is 34.9 Å². The third kappa shape index (κ3) is 9.34. The van der Waals surface area contributed by atoms with Crippen molar-refractivity contribution in [2.75, 3.05) is 0 Å². The van der Waals surface area contributed by atoms with Crippen molar-refractivity contribution in [3.05, 3.63) is 328 Å². The molecule has 0 aliphatic carbocycles. The Hall–Kier alpha value is -13.7. The Morgan fingerprint density at radius 3 is 1.12 bits per heavy atom. The van der Waals surface area contributed by atoms with E-state index in [1.807, 2.05) is 115 Å². The normalized spacial score (nSPS) is 11.8. The molecule has 0 N–H and O–H groups in total. The largest absolute Gasteiger partial charge is 0.456 e. The molecule has 0 aliphatic heterocycles. The molecule has 0 atom stereocenters. The number of furan rings is 2. The summed E-state index contributed by atoms with van der Waals surface area (Å²) >= 11 is 0. The van der Waals surface area contributed by atoms with Crippen LogP contribution in [-0.2, 0) is 0 Å². The molecule has 0 aliphatic rings. The predicted octanol–water partition coefficient (Wildman–Crippen LogP) is 23.1. The van der Waals surface area contributed by atoms with E-state index in [0.717, 1.165) is 155 Å². The van der Waals surface area contributed by atoms with Crippen LogP contribution in [0.5, 0.6) is 0 Å². The molecule has 6 aromatic heterocycles. The Morgan fingerprint density at radius 2 is 0.570 bits per heavy atom. The van der Waals surface area contributed by atoms with E-state index in [-0.39, 0.29) is 0 Å². The molecule has 0 spiro atoms. The quantitative estimate of drug-likeness (QED) is 0.126. The Bertz CT molecular complexity index is 6560. The maximum Gasteiger partial charge on any atom is 0.164 e. The third-order valence-corrected chi connectivity index (χ3v) is 19.5. The second-order valence-electron chi connectivity index (χ2n) is 25.3. The van der Waals surface area contributed by atoms with Crippen molar-refractivity contribution < 1.29 is 8.83 Å². The molecular formula is C90H54N8O2. The van der Waals surface area contributed by atoms with Crippen molar-refractivity contribution in [1.82, 2.24) is 39.0 Å². The van der Waals surface area contributed by atoms with Gasteiger partial charge in [-0.2, -0.15) is 0 Å². The van der Waals surface area contributed by atoms with Crippen LogP contribution in [0, 0.1) is 0 Å². The van der Waals surface area contributed by atoms with E-state index in [4.69, 9.17) is 38.7 Å². The van der Waals surface area contributed by atoms with Gasteiger partial charge in [-0.05, 0) is 107 Å². The molecule has 100 heavy (non-hydrogen) atoms. The van der Waals surface area contributed by atoms with Gasteiger partial charge >= 0.3 is 0 Å². The fraction of sp³-hybridized carbons (Fsp3) is 0. The number of aromatic nitrogens is 8. The van der Waals surface area contributed by atoms with Crippen LogP contribution in [0.2, 0.25) is 0 Å². The Balaban J connectivity index is 0.646. The third-order valence-electron chi connectivity index (χ3n) is 19.5. The highest BCUT2D eigenvalue weighted by molar-refractivity contribution is 6.19. The molecule has 0 unspecified atom stereocenters. The highest BCUT2D eigenvalue weighted by Gasteiger charge is 2.24. The summed E-state index contributed by atoms with van der Waals surface area (Å²) in [4.78, 5) is 31.0. The van der Waals surface area contributed by atoms with E-state index < -0.39 is 0 Å². The molecule has 0 bridgehead atoms. The van der Waals surface area contributed by atoms with Crippen LogP contribution >= 0.6 is 0 Å². The zero-order valence-corrected chi connectivity index (χ0v) is 53.6. The van der Waals surface area contributed by atoms with Gasteiger partial charge in [0.2, 0.25) is 0 Å². The maximum absolute atomic E-state index is 6.68. The van der Waals surface area contributed by atoms with Gasteiger partial charge in [-0.15, -0.1) is 0 Å². The van der Waals surface area contributed by atoms with Gasteiger partial charge in [0.1, 0.15) is 22.3 Å². The molecule has 466 valence electrons. The zero-order valence-electron chi connectivity index (χ0n) is 53.6. The van der Waals surface area contributed by atoms with E-state index in [9.17, 15) is 0 Å². The summed E-state index contributed by atoms with van der Waals surface area (Å²) in [7, 11) is 0. The molecule has 0 radical (unpaired) electrons. The molecule has 0 saturated heterocycles. The van der Waals surface area contributed by atoms with Gasteiger partial charge < -0.3 is 18.0 Å². The topological polar surface area (TPSA) is 113 Å². The molecule has 20 aromatic rings. The fourth-order valence-electron chi connectivity index (χ4n) is 14.9. The molecule has 14 aromatic carbocycles. The SMILES string of the molecule is c1ccc(-c2nc(-c3ccccc3)nc(-c3cccc4oc5ccc(-c6cccc7c6c6ccccc6n7-c6ccc(-c7ccc(-c8nc(-c9ccccc9)nc(-c9cccc%10oc%11ccc(-c%12cccc%13c%14ccccc%14n(-c%14ccccc%14)c%12%13)cc%11c9%10)n8)cc7)cc6)cc5c34)n2)cc1. The van der Waals surface area contributed by atoms with Crippen molar-refractivity contribution in [2.45, 2.75) is 0 Å². The first-order chi connectivity index (χ1) is 49.6. The highest BCUT2D eigenvalue weighted by atomic mass is 16.3. The van der Waals surface area contributed by atoms with Crippen LogP contribution in [0.4, 0.5) is 0 Å². The van der Waals surface area contributed by atoms with Gasteiger partial charge in [0, 0.05) is 93.4 Å². The summed E-state index contributed by atoms with van der Waals surface area (Å²) in [5.74, 6) is 3.49. The first-order valence-corrected chi connectivity index (χ1v) is 33.5. The molecule has 0 amide bonds. The lowest BCUT2D eigenvalue weighted by atomic mass is 9.97. The number of nitrogens with zero attached hydrogens (tertiary/aromatic N) is 8. The summed E-state index contributed by atoms with van der Waals surface area (Å²) in [5.41, 5.74) is 21.6. The second-order valence-corrected chi connectivity index (χ2v) is 25.3. The fourth-order valence-corrected chi connectivity index (χ4v) is 14.9. The number of rotatable bonds is 11. The summed E-state index contributed by atoms with van der Waals surface area (Å²) in [5, 5.41) is 8.57. The minimum atomic E-state index is 0.556. The van der Waals surface area contributed by atoms with Crippen LogP contribution in [0.25, 0.3) is 201 Å². The monoisotopic (exact) mass is 1280 g/mol. The zero-order chi connectivity index (χ0) is 65.8. The average Bonchev–Trinajstić information content (AvgIpc) is 1.58. The van der Waals surface area contributed by atoms with Crippen molar-refractivity contribution in [1.29, 1.82) is 0 Å². The van der Waals surface area contributed by atoms with Crippen LogP contribution < -0.4 is 0 Å². The Labute approximate surface area is 572 Å². The van der Waals surface area contributed by atoms with Crippen molar-refractivity contribution in [3.8, 4) is 113 Å². The number of benzene rings is 14. The first-order valence-electron chi connectivity index (χ1n) is 33.5. The van der Waals surface area contributed by atoms with E-state index in [1.165, 1.54) is 10.8 Å². The standard InChI is InChI=1S/C90H54N8O2/c1-5-21-57(22-6-1)85-91-86(58-23-7-2-8-24-58)94-89(93-85)70-34-19-39-79-82(70)72-53-61(47-51-77(72)99-79)65-31-18-38-76-81(65)69-30-14-16-37-75(69)97(76)64-49-45-56(46-50-64)55-41-43-60(44-42-55)88-92-87(59-25-9-3-10-26-59)95-90(96-88)71-35-20-40-80-83(71)73-54-62(48-52-78(73)100-80)66-32-17-33-68-67-29-13-15-36-74(67)98(84(66)68)63-27-11-4-12-28-63/h1-54H. The average molecular weight is 1280 g/mol. The molecule has 0 saturated carbocycles. The smallest absolute Gasteiger partial charge is 0.164 e. The number of para-hydroxylation sites is 4. The number of fused-ring (bicyclic) bond motifs is 12. The van der Waals surface area contributed by atoms with Gasteiger partial charge in [0.15, 0.2) is 34.9 Å².